The molecule has 0 aliphatic rings. The van der Waals surface area contributed by atoms with Crippen LogP contribution in [0.1, 0.15) is 37.6 Å². The van der Waals surface area contributed by atoms with Crippen molar-refractivity contribution in [3.63, 3.8) is 0 Å². The van der Waals surface area contributed by atoms with E-state index in [0.717, 1.165) is 19.5 Å². The molecule has 0 heterocycles. The molecule has 0 aromatic heterocycles. The molecule has 5 heteroatoms. The third kappa shape index (κ3) is 5.95. The summed E-state index contributed by atoms with van der Waals surface area (Å²) in [6, 6.07) is 7.00. The predicted octanol–water partition coefficient (Wildman–Crippen LogP) is 2.11. The molecule has 0 spiro atoms. The number of hydrogen-bond acceptors (Lipinski definition) is 3. The molecular formula is C16H25N3O2. The molecular weight excluding hydrogens is 266 g/mol. The Morgan fingerprint density at radius 1 is 1.14 bits per heavy atom. The summed E-state index contributed by atoms with van der Waals surface area (Å²) in [6.07, 6.45) is 0.895. The van der Waals surface area contributed by atoms with Gasteiger partial charge in [-0.1, -0.05) is 26.8 Å². The molecule has 0 saturated heterocycles. The highest BCUT2D eigenvalue weighted by Crippen LogP contribution is 2.10. The lowest BCUT2D eigenvalue weighted by Crippen LogP contribution is -2.33. The van der Waals surface area contributed by atoms with Crippen molar-refractivity contribution in [2.45, 2.75) is 27.2 Å². The summed E-state index contributed by atoms with van der Waals surface area (Å²) in [5.41, 5.74) is 1.21. The zero-order chi connectivity index (χ0) is 15.7. The van der Waals surface area contributed by atoms with Gasteiger partial charge in [0.15, 0.2) is 0 Å². The molecule has 1 aromatic rings. The number of anilines is 1. The van der Waals surface area contributed by atoms with Crippen LogP contribution in [0.15, 0.2) is 24.3 Å². The third-order valence-corrected chi connectivity index (χ3v) is 3.21. The van der Waals surface area contributed by atoms with E-state index in [1.165, 1.54) is 0 Å². The first-order valence-corrected chi connectivity index (χ1v) is 7.51. The second kappa shape index (κ2) is 9.13. The van der Waals surface area contributed by atoms with Crippen LogP contribution in [0.5, 0.6) is 0 Å². The van der Waals surface area contributed by atoms with Crippen molar-refractivity contribution in [1.82, 2.24) is 10.2 Å². The molecule has 0 saturated carbocycles. The lowest BCUT2D eigenvalue weighted by molar-refractivity contribution is -0.117. The van der Waals surface area contributed by atoms with E-state index in [-0.39, 0.29) is 11.8 Å². The van der Waals surface area contributed by atoms with E-state index < -0.39 is 0 Å². The highest BCUT2D eigenvalue weighted by molar-refractivity contribution is 5.97. The second-order valence-corrected chi connectivity index (χ2v) is 4.85. The standard InChI is InChI=1S/C16H25N3O2/c1-4-10-17-16(21)13-8-7-9-14(11-13)18-15(20)12-19(5-2)6-3/h7-9,11H,4-6,10,12H2,1-3H3,(H,17,21)(H,18,20). The van der Waals surface area contributed by atoms with Crippen LogP contribution < -0.4 is 10.6 Å². The van der Waals surface area contributed by atoms with Crippen LogP contribution in [0.4, 0.5) is 5.69 Å². The normalized spacial score (nSPS) is 10.5. The van der Waals surface area contributed by atoms with Gasteiger partial charge in [-0.2, -0.15) is 0 Å². The van der Waals surface area contributed by atoms with E-state index in [1.807, 2.05) is 25.7 Å². The summed E-state index contributed by atoms with van der Waals surface area (Å²) in [4.78, 5) is 25.9. The minimum Gasteiger partial charge on any atom is -0.352 e. The molecule has 0 aliphatic heterocycles. The lowest BCUT2D eigenvalue weighted by Gasteiger charge is -2.17. The van der Waals surface area contributed by atoms with Gasteiger partial charge in [-0.15, -0.1) is 0 Å². The van der Waals surface area contributed by atoms with Crippen molar-refractivity contribution in [3.8, 4) is 0 Å². The van der Waals surface area contributed by atoms with Crippen molar-refractivity contribution in [1.29, 1.82) is 0 Å². The Morgan fingerprint density at radius 3 is 2.48 bits per heavy atom. The molecule has 2 N–H and O–H groups in total. The van der Waals surface area contributed by atoms with E-state index in [0.29, 0.717) is 24.3 Å². The smallest absolute Gasteiger partial charge is 0.251 e. The van der Waals surface area contributed by atoms with Crippen LogP contribution in [-0.4, -0.2) is 42.9 Å². The van der Waals surface area contributed by atoms with Crippen LogP contribution in [0.25, 0.3) is 0 Å². The fourth-order valence-corrected chi connectivity index (χ4v) is 1.93. The Bertz CT molecular complexity index is 470. The molecule has 0 bridgehead atoms. The Labute approximate surface area is 126 Å². The second-order valence-electron chi connectivity index (χ2n) is 4.85. The quantitative estimate of drug-likeness (QED) is 0.771. The summed E-state index contributed by atoms with van der Waals surface area (Å²) < 4.78 is 0. The summed E-state index contributed by atoms with van der Waals surface area (Å²) in [5.74, 6) is -0.179. The van der Waals surface area contributed by atoms with Gasteiger partial charge in [0.05, 0.1) is 6.54 Å². The number of nitrogens with one attached hydrogen (secondary N) is 2. The van der Waals surface area contributed by atoms with Gasteiger partial charge in [0, 0.05) is 17.8 Å². The van der Waals surface area contributed by atoms with E-state index in [4.69, 9.17) is 0 Å². The number of benzene rings is 1. The largest absolute Gasteiger partial charge is 0.352 e. The Kier molecular flexibility index (Phi) is 7.46. The number of rotatable bonds is 8. The molecule has 21 heavy (non-hydrogen) atoms. The van der Waals surface area contributed by atoms with Crippen LogP contribution in [0, 0.1) is 0 Å². The van der Waals surface area contributed by atoms with Crippen molar-refractivity contribution < 1.29 is 9.59 Å². The molecule has 0 radical (unpaired) electrons. The molecule has 1 rings (SSSR count). The molecule has 0 fully saturated rings. The number of amides is 2. The lowest BCUT2D eigenvalue weighted by atomic mass is 10.2. The third-order valence-electron chi connectivity index (χ3n) is 3.21. The fourth-order valence-electron chi connectivity index (χ4n) is 1.93. The molecule has 0 aliphatic carbocycles. The zero-order valence-corrected chi connectivity index (χ0v) is 13.1. The predicted molar refractivity (Wildman–Crippen MR) is 85.5 cm³/mol. The van der Waals surface area contributed by atoms with Crippen LogP contribution in [0.3, 0.4) is 0 Å². The number of nitrogens with zero attached hydrogens (tertiary/aromatic N) is 1. The fraction of sp³-hybridized carbons (Fsp3) is 0.500. The maximum Gasteiger partial charge on any atom is 0.251 e. The van der Waals surface area contributed by atoms with E-state index in [2.05, 4.69) is 10.6 Å². The molecule has 2 amide bonds. The Hall–Kier alpha value is -1.88. The van der Waals surface area contributed by atoms with Crippen molar-refractivity contribution in [2.24, 2.45) is 0 Å². The minimum absolute atomic E-state index is 0.0650. The number of likely N-dealkylation sites (N-methyl/N-ethyl adjacent to an activating group) is 1. The van der Waals surface area contributed by atoms with Crippen molar-refractivity contribution in [2.75, 3.05) is 31.5 Å². The highest BCUT2D eigenvalue weighted by atomic mass is 16.2. The van der Waals surface area contributed by atoms with Gasteiger partial charge in [-0.3, -0.25) is 14.5 Å². The summed E-state index contributed by atoms with van der Waals surface area (Å²) in [6.45, 7) is 8.73. The SMILES string of the molecule is CCCNC(=O)c1cccc(NC(=O)CN(CC)CC)c1. The molecule has 0 unspecified atom stereocenters. The average Bonchev–Trinajstić information content (AvgIpc) is 2.50. The first-order chi connectivity index (χ1) is 10.1. The summed E-state index contributed by atoms with van der Waals surface area (Å²) >= 11 is 0. The molecule has 1 aromatic carbocycles. The van der Waals surface area contributed by atoms with Gasteiger partial charge in [0.2, 0.25) is 5.91 Å². The number of carbonyl (C=O) groups excluding carboxylic acids is 2. The number of hydrogen-bond donors (Lipinski definition) is 2. The van der Waals surface area contributed by atoms with E-state index >= 15 is 0 Å². The first-order valence-electron chi connectivity index (χ1n) is 7.51. The minimum atomic E-state index is -0.114. The first kappa shape index (κ1) is 17.2. The topological polar surface area (TPSA) is 61.4 Å². The van der Waals surface area contributed by atoms with Gasteiger partial charge in [-0.25, -0.2) is 0 Å². The van der Waals surface area contributed by atoms with Crippen LogP contribution in [-0.2, 0) is 4.79 Å². The molecule has 5 nitrogen and oxygen atoms in total. The molecule has 116 valence electrons. The Balaban J connectivity index is 2.63. The van der Waals surface area contributed by atoms with Crippen molar-refractivity contribution in [3.05, 3.63) is 29.8 Å². The van der Waals surface area contributed by atoms with Crippen LogP contribution in [0.2, 0.25) is 0 Å². The van der Waals surface area contributed by atoms with E-state index in [1.54, 1.807) is 24.3 Å². The maximum atomic E-state index is 11.9. The van der Waals surface area contributed by atoms with Gasteiger partial charge < -0.3 is 10.6 Å². The maximum absolute atomic E-state index is 11.9. The van der Waals surface area contributed by atoms with Crippen LogP contribution >= 0.6 is 0 Å². The van der Waals surface area contributed by atoms with Crippen molar-refractivity contribution >= 4 is 17.5 Å². The molecule has 0 atom stereocenters. The van der Waals surface area contributed by atoms with Gasteiger partial charge >= 0.3 is 0 Å². The Morgan fingerprint density at radius 2 is 1.86 bits per heavy atom. The monoisotopic (exact) mass is 291 g/mol. The van der Waals surface area contributed by atoms with Gasteiger partial charge in [-0.05, 0) is 37.7 Å². The number of carbonyl (C=O) groups is 2. The zero-order valence-electron chi connectivity index (χ0n) is 13.1. The summed E-state index contributed by atoms with van der Waals surface area (Å²) in [5, 5.41) is 5.65. The van der Waals surface area contributed by atoms with E-state index in [9.17, 15) is 9.59 Å². The van der Waals surface area contributed by atoms with Gasteiger partial charge in [0.1, 0.15) is 0 Å². The van der Waals surface area contributed by atoms with Gasteiger partial charge in [0.25, 0.3) is 5.91 Å². The highest BCUT2D eigenvalue weighted by Gasteiger charge is 2.09. The average molecular weight is 291 g/mol. The summed E-state index contributed by atoms with van der Waals surface area (Å²) in [7, 11) is 0.